The Morgan fingerprint density at radius 2 is 1.90 bits per heavy atom. The molecule has 29 heavy (non-hydrogen) atoms. The van der Waals surface area contributed by atoms with E-state index in [2.05, 4.69) is 16.1 Å². The first kappa shape index (κ1) is 22.0. The zero-order valence-electron chi connectivity index (χ0n) is 16.7. The molecule has 1 amide bonds. The van der Waals surface area contributed by atoms with Crippen molar-refractivity contribution in [2.45, 2.75) is 50.5 Å². The predicted octanol–water partition coefficient (Wildman–Crippen LogP) is 0.931. The number of aliphatic hydroxyl groups excluding tert-OH is 1. The average molecular weight is 415 g/mol. The molecule has 2 saturated heterocycles. The standard InChI is InChI=1S/C19H28F3N5O2/c1-4-14(12-7-5-11(6-8-12)9-19(20,21)22)27-16-15(13(10-28)25-27)17(29)24-18(23-16)26(2)3/h5-8,13-16,18,23,25,28H,4,9-10H2,1-3H3,(H,24,29). The fourth-order valence-electron chi connectivity index (χ4n) is 4.09. The van der Waals surface area contributed by atoms with Crippen molar-refractivity contribution in [3.63, 3.8) is 0 Å². The Labute approximate surface area is 168 Å². The van der Waals surface area contributed by atoms with Crippen LogP contribution in [0.4, 0.5) is 13.2 Å². The molecule has 2 aliphatic rings. The van der Waals surface area contributed by atoms with Crippen LogP contribution in [0.3, 0.4) is 0 Å². The van der Waals surface area contributed by atoms with Gasteiger partial charge in [0.2, 0.25) is 5.91 Å². The van der Waals surface area contributed by atoms with E-state index in [4.69, 9.17) is 0 Å². The summed E-state index contributed by atoms with van der Waals surface area (Å²) in [6, 6.07) is 5.75. The molecule has 10 heteroatoms. The zero-order valence-corrected chi connectivity index (χ0v) is 16.7. The number of carbonyl (C=O) groups is 1. The Morgan fingerprint density at radius 1 is 1.24 bits per heavy atom. The van der Waals surface area contributed by atoms with E-state index in [1.165, 1.54) is 12.1 Å². The molecule has 0 aromatic heterocycles. The number of benzene rings is 1. The molecule has 5 atom stereocenters. The van der Waals surface area contributed by atoms with E-state index in [0.29, 0.717) is 6.42 Å². The maximum absolute atomic E-state index is 12.7. The van der Waals surface area contributed by atoms with Gasteiger partial charge >= 0.3 is 6.18 Å². The molecule has 2 fully saturated rings. The minimum Gasteiger partial charge on any atom is -0.395 e. The van der Waals surface area contributed by atoms with Crippen molar-refractivity contribution in [2.75, 3.05) is 20.7 Å². The van der Waals surface area contributed by atoms with Crippen molar-refractivity contribution in [3.8, 4) is 0 Å². The molecule has 0 radical (unpaired) electrons. The Bertz CT molecular complexity index is 713. The smallest absolute Gasteiger partial charge is 0.393 e. The van der Waals surface area contributed by atoms with Crippen LogP contribution in [0.1, 0.15) is 30.5 Å². The van der Waals surface area contributed by atoms with Crippen LogP contribution in [0.2, 0.25) is 0 Å². The maximum atomic E-state index is 12.7. The molecule has 162 valence electrons. The Hall–Kier alpha value is -1.72. The van der Waals surface area contributed by atoms with Gasteiger partial charge in [0.05, 0.1) is 37.2 Å². The topological polar surface area (TPSA) is 79.9 Å². The third-order valence-electron chi connectivity index (χ3n) is 5.50. The summed E-state index contributed by atoms with van der Waals surface area (Å²) in [6.07, 6.45) is -5.27. The number of halogens is 3. The normalized spacial score (nSPS) is 29.0. The predicted molar refractivity (Wildman–Crippen MR) is 101 cm³/mol. The van der Waals surface area contributed by atoms with Crippen LogP contribution in [0.15, 0.2) is 24.3 Å². The summed E-state index contributed by atoms with van der Waals surface area (Å²) >= 11 is 0. The summed E-state index contributed by atoms with van der Waals surface area (Å²) in [5.41, 5.74) is 4.29. The van der Waals surface area contributed by atoms with Gasteiger partial charge in [-0.15, -0.1) is 0 Å². The van der Waals surface area contributed by atoms with Crippen LogP contribution >= 0.6 is 0 Å². The largest absolute Gasteiger partial charge is 0.395 e. The number of amides is 1. The molecule has 0 aliphatic carbocycles. The van der Waals surface area contributed by atoms with E-state index in [0.717, 1.165) is 5.56 Å². The summed E-state index contributed by atoms with van der Waals surface area (Å²) in [4.78, 5) is 14.5. The number of fused-ring (bicyclic) bond motifs is 1. The lowest BCUT2D eigenvalue weighted by Crippen LogP contribution is -2.68. The van der Waals surface area contributed by atoms with Gasteiger partial charge in [0.15, 0.2) is 0 Å². The summed E-state index contributed by atoms with van der Waals surface area (Å²) in [6.45, 7) is 1.77. The van der Waals surface area contributed by atoms with Gasteiger partial charge in [-0.1, -0.05) is 31.2 Å². The van der Waals surface area contributed by atoms with Gasteiger partial charge in [0.25, 0.3) is 0 Å². The highest BCUT2D eigenvalue weighted by molar-refractivity contribution is 5.81. The molecule has 2 heterocycles. The number of alkyl halides is 3. The van der Waals surface area contributed by atoms with E-state index < -0.39 is 24.6 Å². The number of hydrogen-bond donors (Lipinski definition) is 4. The highest BCUT2D eigenvalue weighted by atomic mass is 19.4. The SMILES string of the molecule is CCC(c1ccc(CC(F)(F)F)cc1)N1NC(CO)C2C(=O)NC(N(C)C)NC21. The second kappa shape index (κ2) is 8.57. The third-order valence-corrected chi connectivity index (χ3v) is 5.50. The van der Waals surface area contributed by atoms with Gasteiger partial charge in [-0.2, -0.15) is 13.2 Å². The van der Waals surface area contributed by atoms with E-state index >= 15 is 0 Å². The molecule has 2 aliphatic heterocycles. The van der Waals surface area contributed by atoms with Gasteiger partial charge in [0, 0.05) is 0 Å². The van der Waals surface area contributed by atoms with Crippen LogP contribution in [-0.2, 0) is 11.2 Å². The van der Waals surface area contributed by atoms with Gasteiger partial charge in [0.1, 0.15) is 6.29 Å². The summed E-state index contributed by atoms with van der Waals surface area (Å²) in [5, 5.41) is 18.0. The maximum Gasteiger partial charge on any atom is 0.393 e. The number of aliphatic hydroxyl groups is 1. The van der Waals surface area contributed by atoms with Crippen molar-refractivity contribution in [2.24, 2.45) is 5.92 Å². The average Bonchev–Trinajstić information content (AvgIpc) is 3.01. The van der Waals surface area contributed by atoms with Gasteiger partial charge in [-0.3, -0.25) is 15.0 Å². The first-order valence-corrected chi connectivity index (χ1v) is 9.68. The number of hydrogen-bond acceptors (Lipinski definition) is 6. The molecule has 3 rings (SSSR count). The fourth-order valence-corrected chi connectivity index (χ4v) is 4.09. The summed E-state index contributed by atoms with van der Waals surface area (Å²) in [5.74, 6) is -0.647. The number of rotatable bonds is 6. The molecule has 5 unspecified atom stereocenters. The van der Waals surface area contributed by atoms with E-state index in [1.807, 2.05) is 30.9 Å². The molecule has 1 aromatic rings. The van der Waals surface area contributed by atoms with E-state index in [1.54, 1.807) is 12.1 Å². The molecule has 7 nitrogen and oxygen atoms in total. The lowest BCUT2D eigenvalue weighted by atomic mass is 9.95. The van der Waals surface area contributed by atoms with Crippen molar-refractivity contribution in [1.29, 1.82) is 0 Å². The minimum atomic E-state index is -4.25. The second-order valence-corrected chi connectivity index (χ2v) is 7.80. The zero-order chi connectivity index (χ0) is 21.3. The van der Waals surface area contributed by atoms with Crippen LogP contribution in [0, 0.1) is 5.92 Å². The fraction of sp³-hybridized carbons (Fsp3) is 0.632. The third kappa shape index (κ3) is 4.72. The molecular weight excluding hydrogens is 387 g/mol. The Kier molecular flexibility index (Phi) is 6.49. The molecule has 1 aromatic carbocycles. The van der Waals surface area contributed by atoms with Crippen LogP contribution < -0.4 is 16.1 Å². The molecule has 0 bridgehead atoms. The molecule has 0 saturated carbocycles. The number of carbonyl (C=O) groups excluding carboxylic acids is 1. The molecule has 4 N–H and O–H groups in total. The first-order chi connectivity index (χ1) is 13.6. The summed E-state index contributed by atoms with van der Waals surface area (Å²) < 4.78 is 37.9. The summed E-state index contributed by atoms with van der Waals surface area (Å²) in [7, 11) is 3.68. The highest BCUT2D eigenvalue weighted by Gasteiger charge is 2.51. The number of hydrazine groups is 1. The lowest BCUT2D eigenvalue weighted by Gasteiger charge is -2.41. The van der Waals surface area contributed by atoms with Gasteiger partial charge < -0.3 is 10.4 Å². The molecular formula is C19H28F3N5O2. The quantitative estimate of drug-likeness (QED) is 0.554. The van der Waals surface area contributed by atoms with Crippen molar-refractivity contribution >= 4 is 5.91 Å². The number of nitrogens with zero attached hydrogens (tertiary/aromatic N) is 2. The highest BCUT2D eigenvalue weighted by Crippen LogP contribution is 2.34. The van der Waals surface area contributed by atoms with E-state index in [-0.39, 0.29) is 36.6 Å². The van der Waals surface area contributed by atoms with Crippen LogP contribution in [-0.4, -0.2) is 66.3 Å². The van der Waals surface area contributed by atoms with Crippen molar-refractivity contribution < 1.29 is 23.1 Å². The van der Waals surface area contributed by atoms with Crippen molar-refractivity contribution in [1.82, 2.24) is 26.0 Å². The number of nitrogens with one attached hydrogen (secondary N) is 3. The van der Waals surface area contributed by atoms with Crippen LogP contribution in [0.25, 0.3) is 0 Å². The first-order valence-electron chi connectivity index (χ1n) is 9.68. The Balaban J connectivity index is 1.85. The van der Waals surface area contributed by atoms with Gasteiger partial charge in [-0.25, -0.2) is 10.4 Å². The van der Waals surface area contributed by atoms with Gasteiger partial charge in [-0.05, 0) is 31.6 Å². The molecule has 0 spiro atoms. The second-order valence-electron chi connectivity index (χ2n) is 7.80. The van der Waals surface area contributed by atoms with Crippen molar-refractivity contribution in [3.05, 3.63) is 35.4 Å². The monoisotopic (exact) mass is 415 g/mol. The minimum absolute atomic E-state index is 0.156. The Morgan fingerprint density at radius 3 is 2.41 bits per heavy atom. The lowest BCUT2D eigenvalue weighted by molar-refractivity contribution is -0.134. The van der Waals surface area contributed by atoms with Crippen LogP contribution in [0.5, 0.6) is 0 Å². The van der Waals surface area contributed by atoms with E-state index in [9.17, 15) is 23.1 Å².